The van der Waals surface area contributed by atoms with E-state index in [1.165, 1.54) is 145 Å². The van der Waals surface area contributed by atoms with E-state index in [4.69, 9.17) is 15.2 Å². The molecule has 2 atom stereocenters. The van der Waals surface area contributed by atoms with Gasteiger partial charge in [0.1, 0.15) is 0 Å². The Morgan fingerprint density at radius 2 is 1.26 bits per heavy atom. The number of aromatic amines is 4. The van der Waals surface area contributed by atoms with Crippen molar-refractivity contribution in [3.63, 3.8) is 0 Å². The lowest BCUT2D eigenvalue weighted by atomic mass is 10.2. The largest absolute Gasteiger partial charge is 0.377 e. The molecule has 7 fully saturated rings. The first-order valence-electron chi connectivity index (χ1n) is 20.5. The molecular weight excluding hydrogens is 919 g/mol. The molecule has 9 N–H and O–H groups in total. The molecular formula is C38H67N9O7S7. The summed E-state index contributed by atoms with van der Waals surface area (Å²) in [4.78, 5) is 62.8. The number of H-pyrrole nitrogens is 4. The molecule has 2 aromatic rings. The first-order chi connectivity index (χ1) is 29.7. The Hall–Kier alpha value is -1.38. The molecule has 7 saturated heterocycles. The highest BCUT2D eigenvalue weighted by molar-refractivity contribution is 8.16. The number of hydrogen-bond donors (Lipinski definition) is 8. The molecule has 2 unspecified atom stereocenters. The van der Waals surface area contributed by atoms with Crippen molar-refractivity contribution in [1.82, 2.24) is 40.8 Å². The second-order valence-electron chi connectivity index (χ2n) is 13.1. The number of rotatable bonds is 0. The molecule has 8 aliphatic heterocycles. The van der Waals surface area contributed by atoms with Gasteiger partial charge in [-0.2, -0.15) is 70.6 Å². The minimum Gasteiger partial charge on any atom is -0.377 e. The Kier molecular flexibility index (Phi) is 35.7. The summed E-state index contributed by atoms with van der Waals surface area (Å²) in [6.45, 7) is 9.92. The SMILES string of the molecule is C1CCSC1.C1CN2CCC2S1.C1COCCO1.C1CSCCN1.C1CSCCS1.C1CSCSC1.Cc1cc(=O)[nH]c(=O)[nH]1.NC1C=CNC(=O)N1.O=c1cc[nH]c(=O)[nH]1. The lowest BCUT2D eigenvalue weighted by molar-refractivity contribution is -0.0334. The van der Waals surface area contributed by atoms with Crippen LogP contribution in [0.5, 0.6) is 0 Å². The van der Waals surface area contributed by atoms with Crippen molar-refractivity contribution in [2.24, 2.45) is 5.73 Å². The second kappa shape index (κ2) is 39.0. The number of fused-ring (bicyclic) bond motifs is 1. The van der Waals surface area contributed by atoms with Gasteiger partial charge in [-0.3, -0.25) is 24.5 Å². The van der Waals surface area contributed by atoms with Crippen molar-refractivity contribution in [3.8, 4) is 0 Å². The summed E-state index contributed by atoms with van der Waals surface area (Å²) in [5, 5.41) is 10.4. The van der Waals surface area contributed by atoms with E-state index in [0.717, 1.165) is 31.8 Å². The predicted octanol–water partition coefficient (Wildman–Crippen LogP) is 3.45. The molecule has 0 aromatic carbocycles. The van der Waals surface area contributed by atoms with E-state index in [9.17, 15) is 24.0 Å². The number of ether oxygens (including phenoxy) is 2. The van der Waals surface area contributed by atoms with Crippen LogP contribution in [0.25, 0.3) is 0 Å². The Morgan fingerprint density at radius 3 is 1.54 bits per heavy atom. The van der Waals surface area contributed by atoms with Gasteiger partial charge in [0.25, 0.3) is 11.1 Å². The maximum atomic E-state index is 10.4. The molecule has 0 saturated carbocycles. The van der Waals surface area contributed by atoms with Crippen LogP contribution in [0.4, 0.5) is 4.79 Å². The molecule has 2 aromatic heterocycles. The van der Waals surface area contributed by atoms with Gasteiger partial charge < -0.3 is 41.1 Å². The number of carbonyl (C=O) groups excluding carboxylic acids is 1. The zero-order valence-corrected chi connectivity index (χ0v) is 41.0. The van der Waals surface area contributed by atoms with Crippen molar-refractivity contribution >= 4 is 88.4 Å². The van der Waals surface area contributed by atoms with Gasteiger partial charge in [-0.15, -0.1) is 11.8 Å². The number of aryl methyl sites for hydroxylation is 1. The summed E-state index contributed by atoms with van der Waals surface area (Å²) in [6, 6.07) is 2.31. The van der Waals surface area contributed by atoms with Gasteiger partial charge in [-0.05, 0) is 61.7 Å². The molecule has 0 radical (unpaired) electrons. The summed E-state index contributed by atoms with van der Waals surface area (Å²) in [7, 11) is 0. The fourth-order valence-corrected chi connectivity index (χ4v) is 12.7. The Bertz CT molecular complexity index is 1470. The minimum absolute atomic E-state index is 0.250. The monoisotopic (exact) mass is 985 g/mol. The Morgan fingerprint density at radius 1 is 0.672 bits per heavy atom. The van der Waals surface area contributed by atoms with E-state index >= 15 is 0 Å². The highest BCUT2D eigenvalue weighted by atomic mass is 32.2. The van der Waals surface area contributed by atoms with E-state index in [0.29, 0.717) is 5.69 Å². The number of urea groups is 1. The van der Waals surface area contributed by atoms with E-state index in [1.807, 2.05) is 21.7 Å². The van der Waals surface area contributed by atoms with Crippen LogP contribution in [0.15, 0.2) is 49.8 Å². The van der Waals surface area contributed by atoms with Crippen LogP contribution < -0.4 is 44.2 Å². The first kappa shape index (κ1) is 55.8. The zero-order chi connectivity index (χ0) is 44.0. The van der Waals surface area contributed by atoms with Crippen molar-refractivity contribution in [2.75, 3.05) is 121 Å². The van der Waals surface area contributed by atoms with E-state index in [-0.39, 0.29) is 23.3 Å². The van der Waals surface area contributed by atoms with Gasteiger partial charge >= 0.3 is 17.4 Å². The maximum Gasteiger partial charge on any atom is 0.325 e. The van der Waals surface area contributed by atoms with Crippen LogP contribution in [-0.4, -0.2) is 163 Å². The molecule has 2 amide bonds. The molecule has 0 bridgehead atoms. The predicted molar refractivity (Wildman–Crippen MR) is 269 cm³/mol. The maximum absolute atomic E-state index is 10.4. The van der Waals surface area contributed by atoms with Crippen LogP contribution in [0, 0.1) is 6.92 Å². The summed E-state index contributed by atoms with van der Waals surface area (Å²) in [5.74, 6) is 15.1. The minimum atomic E-state index is -0.475. The summed E-state index contributed by atoms with van der Waals surface area (Å²) in [5.41, 5.74) is 4.16. The molecule has 0 spiro atoms. The second-order valence-corrected chi connectivity index (χ2v) is 21.9. The number of thioether (sulfide) groups is 7. The van der Waals surface area contributed by atoms with Crippen LogP contribution in [0.2, 0.25) is 0 Å². The highest BCUT2D eigenvalue weighted by Gasteiger charge is 2.32. The Labute approximate surface area is 389 Å². The van der Waals surface area contributed by atoms with Crippen LogP contribution in [0.1, 0.15) is 31.4 Å². The fraction of sp³-hybridized carbons (Fsp3) is 0.711. The average molecular weight is 986 g/mol. The third-order valence-corrected chi connectivity index (χ3v) is 16.5. The lowest BCUT2D eigenvalue weighted by Gasteiger charge is -2.33. The van der Waals surface area contributed by atoms with Gasteiger partial charge in [0.2, 0.25) is 0 Å². The smallest absolute Gasteiger partial charge is 0.325 e. The highest BCUT2D eigenvalue weighted by Crippen LogP contribution is 2.33. The number of aromatic nitrogens is 4. The quantitative estimate of drug-likeness (QED) is 0.189. The topological polar surface area (TPSA) is 232 Å². The molecule has 8 aliphatic rings. The number of carbonyl (C=O) groups is 1. The van der Waals surface area contributed by atoms with Crippen molar-refractivity contribution in [1.29, 1.82) is 0 Å². The van der Waals surface area contributed by atoms with E-state index in [1.54, 1.807) is 13.0 Å². The molecule has 61 heavy (non-hydrogen) atoms. The normalized spacial score (nSPS) is 22.1. The zero-order valence-electron chi connectivity index (χ0n) is 35.3. The van der Waals surface area contributed by atoms with E-state index in [2.05, 4.69) is 101 Å². The van der Waals surface area contributed by atoms with Crippen LogP contribution in [0.3, 0.4) is 0 Å². The van der Waals surface area contributed by atoms with Gasteiger partial charge in [0, 0.05) is 102 Å². The molecule has 16 nitrogen and oxygen atoms in total. The standard InChI is InChI=1S/C5H6N2O2.C5H9NS.C4H7N3O.C4H4N2O2.C4H9NS.C4H8O2.2C4H8S2.C4H8S/c1-3-2-4(8)7-5(9)6-3;1-2-6-3-4-7-5(1)6;5-3-1-2-6-4(8)7-3;7-3-1-2-5-4(8)6-3;1-3-6-4-2-5-1;2*1-2-6-4-3-5-1;1-2-5-4-6-3-1;1-2-4-5-3-1/h2H,1H3,(H2,6,7,8,9);5H,1-4H2;1-3H,5H2,(H2,6,7,8);1-2H,(H2,5,6,7,8);5H,1-4H2;3*1-4H2;1-4H2. The number of nitrogens with two attached hydrogens (primary N) is 1. The number of amides is 2. The molecule has 23 heteroatoms. The summed E-state index contributed by atoms with van der Waals surface area (Å²) < 4.78 is 9.89. The van der Waals surface area contributed by atoms with Crippen molar-refractivity contribution < 1.29 is 14.3 Å². The average Bonchev–Trinajstić information content (AvgIpc) is 3.98. The molecule has 10 rings (SSSR count). The van der Waals surface area contributed by atoms with Gasteiger partial charge in [0.15, 0.2) is 0 Å². The summed E-state index contributed by atoms with van der Waals surface area (Å²) >= 11 is 14.5. The van der Waals surface area contributed by atoms with Crippen molar-refractivity contribution in [2.45, 2.75) is 44.1 Å². The molecule has 0 aliphatic carbocycles. The first-order valence-corrected chi connectivity index (χ1v) is 28.5. The van der Waals surface area contributed by atoms with E-state index < -0.39 is 11.4 Å². The number of hydrogen-bond acceptors (Lipinski definition) is 17. The van der Waals surface area contributed by atoms with Gasteiger partial charge in [0.05, 0.1) is 38.0 Å². The third kappa shape index (κ3) is 33.8. The number of nitrogens with one attached hydrogen (secondary N) is 7. The molecule has 348 valence electrons. The van der Waals surface area contributed by atoms with Crippen LogP contribution >= 0.6 is 82.3 Å². The lowest BCUT2D eigenvalue weighted by Crippen LogP contribution is -2.47. The van der Waals surface area contributed by atoms with Gasteiger partial charge in [-0.1, -0.05) is 0 Å². The van der Waals surface area contributed by atoms with Crippen molar-refractivity contribution in [3.05, 3.63) is 78.0 Å². The van der Waals surface area contributed by atoms with Gasteiger partial charge in [-0.25, -0.2) is 14.4 Å². The molecule has 10 heterocycles. The Balaban J connectivity index is 0.000000237. The number of nitrogens with zero attached hydrogens (tertiary/aromatic N) is 1. The summed E-state index contributed by atoms with van der Waals surface area (Å²) in [6.07, 6.45) is 9.94. The fourth-order valence-electron chi connectivity index (χ4n) is 4.96. The van der Waals surface area contributed by atoms with Crippen LogP contribution in [-0.2, 0) is 9.47 Å². The third-order valence-electron chi connectivity index (χ3n) is 8.06.